The van der Waals surface area contributed by atoms with E-state index in [1.165, 1.54) is 7.11 Å². The fourth-order valence-electron chi connectivity index (χ4n) is 2.58. The minimum atomic E-state index is -0.637. The number of amides is 1. The highest BCUT2D eigenvalue weighted by molar-refractivity contribution is 6.30. The van der Waals surface area contributed by atoms with E-state index in [-0.39, 0.29) is 23.7 Å². The number of nitrogens with one attached hydrogen (secondary N) is 3. The first-order valence-corrected chi connectivity index (χ1v) is 9.04. The predicted molar refractivity (Wildman–Crippen MR) is 112 cm³/mol. The lowest BCUT2D eigenvalue weighted by molar-refractivity contribution is -0.383. The molecule has 1 aromatic heterocycles. The molecule has 0 fully saturated rings. The summed E-state index contributed by atoms with van der Waals surface area (Å²) in [5.41, 5.74) is 5.57. The maximum atomic E-state index is 12.4. The molecule has 154 valence electrons. The monoisotopic (exact) mass is 428 g/mol. The van der Waals surface area contributed by atoms with Gasteiger partial charge in [-0.15, -0.1) is 0 Å². The third-order valence-corrected chi connectivity index (χ3v) is 4.28. The Morgan fingerprint density at radius 2 is 1.83 bits per heavy atom. The number of benzene rings is 2. The molecule has 3 N–H and O–H groups in total. The summed E-state index contributed by atoms with van der Waals surface area (Å²) in [6.07, 6.45) is 1.15. The van der Waals surface area contributed by atoms with Crippen molar-refractivity contribution in [3.63, 3.8) is 0 Å². The van der Waals surface area contributed by atoms with Crippen molar-refractivity contribution in [3.8, 4) is 5.75 Å². The molecule has 0 radical (unpaired) electrons. The van der Waals surface area contributed by atoms with Crippen LogP contribution in [0, 0.1) is 10.1 Å². The molecule has 3 rings (SSSR count). The Hall–Kier alpha value is -3.92. The van der Waals surface area contributed by atoms with Crippen molar-refractivity contribution >= 4 is 34.8 Å². The minimum absolute atomic E-state index is 0.000935. The van der Waals surface area contributed by atoms with Gasteiger partial charge in [0.2, 0.25) is 11.6 Å². The average Bonchev–Trinajstić information content (AvgIpc) is 2.76. The molecule has 10 nitrogen and oxygen atoms in total. The van der Waals surface area contributed by atoms with Crippen LogP contribution in [0.1, 0.15) is 15.9 Å². The highest BCUT2D eigenvalue weighted by atomic mass is 35.5. The Morgan fingerprint density at radius 3 is 2.53 bits per heavy atom. The number of hydrogen-bond acceptors (Lipinski definition) is 8. The number of halogens is 1. The number of hydrazine groups is 1. The van der Waals surface area contributed by atoms with Crippen molar-refractivity contribution in [2.75, 3.05) is 17.9 Å². The highest BCUT2D eigenvalue weighted by Crippen LogP contribution is 2.29. The van der Waals surface area contributed by atoms with Gasteiger partial charge >= 0.3 is 5.69 Å². The van der Waals surface area contributed by atoms with E-state index < -0.39 is 16.5 Å². The highest BCUT2D eigenvalue weighted by Gasteiger charge is 2.23. The standard InChI is InChI=1S/C19H17ClN6O4/c1-30-15-5-3-2-4-14(15)19(27)25-24-18-16(26(28)29)17(22-11-23-18)21-10-12-6-8-13(20)9-7-12/h2-9,11H,10H2,1H3,(H,25,27)(H2,21,22,23,24). The second-order valence-corrected chi connectivity index (χ2v) is 6.37. The zero-order valence-electron chi connectivity index (χ0n) is 15.8. The van der Waals surface area contributed by atoms with E-state index in [0.29, 0.717) is 10.8 Å². The summed E-state index contributed by atoms with van der Waals surface area (Å²) in [6.45, 7) is 0.280. The van der Waals surface area contributed by atoms with E-state index >= 15 is 0 Å². The number of nitro groups is 1. The van der Waals surface area contributed by atoms with Crippen molar-refractivity contribution in [3.05, 3.63) is 81.1 Å². The van der Waals surface area contributed by atoms with Crippen LogP contribution in [0.25, 0.3) is 0 Å². The number of para-hydroxylation sites is 1. The molecule has 0 spiro atoms. The van der Waals surface area contributed by atoms with Gasteiger partial charge in [0, 0.05) is 11.6 Å². The Bertz CT molecular complexity index is 1060. The number of nitrogens with zero attached hydrogens (tertiary/aromatic N) is 3. The largest absolute Gasteiger partial charge is 0.496 e. The van der Waals surface area contributed by atoms with Crippen molar-refractivity contribution in [1.29, 1.82) is 0 Å². The second-order valence-electron chi connectivity index (χ2n) is 5.94. The number of carbonyl (C=O) groups is 1. The Kier molecular flexibility index (Phi) is 6.60. The molecule has 30 heavy (non-hydrogen) atoms. The number of anilines is 2. The van der Waals surface area contributed by atoms with Gasteiger partial charge in [-0.1, -0.05) is 35.9 Å². The van der Waals surface area contributed by atoms with Crippen LogP contribution < -0.4 is 20.9 Å². The lowest BCUT2D eigenvalue weighted by Gasteiger charge is -2.12. The first-order valence-electron chi connectivity index (χ1n) is 8.66. The van der Waals surface area contributed by atoms with Crippen molar-refractivity contribution in [2.24, 2.45) is 0 Å². The summed E-state index contributed by atoms with van der Waals surface area (Å²) in [5.74, 6) is -0.355. The summed E-state index contributed by atoms with van der Waals surface area (Å²) in [6, 6.07) is 13.6. The number of methoxy groups -OCH3 is 1. The molecule has 0 bridgehead atoms. The third kappa shape index (κ3) is 4.92. The normalized spacial score (nSPS) is 10.2. The number of carbonyl (C=O) groups excluding carboxylic acids is 1. The SMILES string of the molecule is COc1ccccc1C(=O)NNc1ncnc(NCc2ccc(Cl)cc2)c1[N+](=O)[O-]. The minimum Gasteiger partial charge on any atom is -0.496 e. The van der Waals surface area contributed by atoms with Crippen LogP contribution >= 0.6 is 11.6 Å². The van der Waals surface area contributed by atoms with Crippen molar-refractivity contribution in [2.45, 2.75) is 6.54 Å². The predicted octanol–water partition coefficient (Wildman–Crippen LogP) is 3.42. The van der Waals surface area contributed by atoms with Gasteiger partial charge < -0.3 is 10.1 Å². The molecule has 0 atom stereocenters. The molecule has 3 aromatic rings. The summed E-state index contributed by atoms with van der Waals surface area (Å²) >= 11 is 5.86. The molecule has 2 aromatic carbocycles. The van der Waals surface area contributed by atoms with E-state index in [4.69, 9.17) is 16.3 Å². The maximum Gasteiger partial charge on any atom is 0.354 e. The smallest absolute Gasteiger partial charge is 0.354 e. The first kappa shape index (κ1) is 20.8. The fourth-order valence-corrected chi connectivity index (χ4v) is 2.70. The van der Waals surface area contributed by atoms with E-state index in [1.807, 2.05) is 0 Å². The van der Waals surface area contributed by atoms with E-state index in [1.54, 1.807) is 48.5 Å². The summed E-state index contributed by atoms with van der Waals surface area (Å²) < 4.78 is 5.14. The van der Waals surface area contributed by atoms with E-state index in [9.17, 15) is 14.9 Å². The van der Waals surface area contributed by atoms with E-state index in [2.05, 4.69) is 26.1 Å². The van der Waals surface area contributed by atoms with Gasteiger partial charge in [-0.25, -0.2) is 9.97 Å². The number of rotatable bonds is 8. The van der Waals surface area contributed by atoms with Gasteiger partial charge in [0.15, 0.2) is 0 Å². The fraction of sp³-hybridized carbons (Fsp3) is 0.105. The van der Waals surface area contributed by atoms with Gasteiger partial charge in [-0.2, -0.15) is 0 Å². The molecule has 0 saturated carbocycles. The quantitative estimate of drug-likeness (QED) is 0.367. The van der Waals surface area contributed by atoms with Crippen LogP contribution in [-0.4, -0.2) is 27.9 Å². The average molecular weight is 429 g/mol. The number of ether oxygens (including phenoxy) is 1. The van der Waals surface area contributed by atoms with Gasteiger partial charge in [-0.05, 0) is 29.8 Å². The molecule has 1 heterocycles. The molecular weight excluding hydrogens is 412 g/mol. The Labute approximate surface area is 176 Å². The van der Waals surface area contributed by atoms with Crippen LogP contribution in [0.5, 0.6) is 5.75 Å². The Balaban J connectivity index is 1.76. The van der Waals surface area contributed by atoms with Crippen molar-refractivity contribution < 1.29 is 14.5 Å². The molecular formula is C19H17ClN6O4. The molecule has 0 aliphatic rings. The summed E-state index contributed by atoms with van der Waals surface area (Å²) in [5, 5.41) is 15.1. The van der Waals surface area contributed by atoms with Gasteiger partial charge in [-0.3, -0.25) is 25.8 Å². The number of hydrogen-bond donors (Lipinski definition) is 3. The van der Waals surface area contributed by atoms with Gasteiger partial charge in [0.1, 0.15) is 12.1 Å². The maximum absolute atomic E-state index is 12.4. The molecule has 0 unspecified atom stereocenters. The second kappa shape index (κ2) is 9.52. The number of aromatic nitrogens is 2. The van der Waals surface area contributed by atoms with Crippen LogP contribution in [0.3, 0.4) is 0 Å². The van der Waals surface area contributed by atoms with Gasteiger partial charge in [0.25, 0.3) is 5.91 Å². The molecule has 0 aliphatic carbocycles. The van der Waals surface area contributed by atoms with E-state index in [0.717, 1.165) is 11.9 Å². The zero-order chi connectivity index (χ0) is 21.5. The van der Waals surface area contributed by atoms with Gasteiger partial charge in [0.05, 0.1) is 17.6 Å². The lowest BCUT2D eigenvalue weighted by atomic mass is 10.2. The topological polar surface area (TPSA) is 131 Å². The van der Waals surface area contributed by atoms with Crippen LogP contribution in [0.15, 0.2) is 54.9 Å². The molecule has 11 heteroatoms. The first-order chi connectivity index (χ1) is 14.5. The third-order valence-electron chi connectivity index (χ3n) is 4.02. The molecule has 0 saturated heterocycles. The summed E-state index contributed by atoms with van der Waals surface area (Å²) in [4.78, 5) is 31.2. The van der Waals surface area contributed by atoms with Crippen molar-refractivity contribution in [1.82, 2.24) is 15.4 Å². The van der Waals surface area contributed by atoms with Crippen LogP contribution in [-0.2, 0) is 6.54 Å². The molecule has 1 amide bonds. The lowest BCUT2D eigenvalue weighted by Crippen LogP contribution is -2.30. The van der Waals surface area contributed by atoms with Crippen LogP contribution in [0.4, 0.5) is 17.3 Å². The zero-order valence-corrected chi connectivity index (χ0v) is 16.5. The molecule has 0 aliphatic heterocycles. The Morgan fingerprint density at radius 1 is 1.13 bits per heavy atom. The summed E-state index contributed by atoms with van der Waals surface area (Å²) in [7, 11) is 1.44. The van der Waals surface area contributed by atoms with Crippen LogP contribution in [0.2, 0.25) is 5.02 Å².